The minimum atomic E-state index is -0.665. The van der Waals surface area contributed by atoms with E-state index < -0.39 is 12.2 Å². The smallest absolute Gasteiger partial charge is 0.144 e. The predicted octanol–water partition coefficient (Wildman–Crippen LogP) is 3.75. The Morgan fingerprint density at radius 3 is 2.14 bits per heavy atom. The Morgan fingerprint density at radius 2 is 1.48 bits per heavy atom. The number of benzene rings is 2. The maximum Gasteiger partial charge on any atom is 0.144 e. The summed E-state index contributed by atoms with van der Waals surface area (Å²) >= 11 is 0. The Morgan fingerprint density at radius 1 is 0.857 bits per heavy atom. The van der Waals surface area contributed by atoms with Crippen molar-refractivity contribution in [3.63, 3.8) is 0 Å². The molecule has 2 aromatic rings. The van der Waals surface area contributed by atoms with Crippen LogP contribution in [-0.4, -0.2) is 22.6 Å². The van der Waals surface area contributed by atoms with Crippen molar-refractivity contribution in [2.24, 2.45) is 0 Å². The van der Waals surface area contributed by atoms with Crippen molar-refractivity contribution in [2.45, 2.75) is 25.0 Å². The zero-order chi connectivity index (χ0) is 14.7. The number of rotatable bonds is 3. The summed E-state index contributed by atoms with van der Waals surface area (Å²) in [5.74, 6) is 0. The van der Waals surface area contributed by atoms with Gasteiger partial charge in [-0.25, -0.2) is 4.89 Å². The van der Waals surface area contributed by atoms with Crippen LogP contribution < -0.4 is 0 Å². The van der Waals surface area contributed by atoms with E-state index in [0.717, 1.165) is 28.7 Å². The molecule has 2 N–H and O–H groups in total. The molecule has 0 spiro atoms. The minimum Gasteiger partial charge on any atom is -0.390 e. The van der Waals surface area contributed by atoms with E-state index in [9.17, 15) is 5.11 Å². The second-order valence-corrected chi connectivity index (χ2v) is 5.27. The van der Waals surface area contributed by atoms with Gasteiger partial charge in [0.2, 0.25) is 0 Å². The second-order valence-electron chi connectivity index (χ2n) is 5.27. The highest BCUT2D eigenvalue weighted by molar-refractivity contribution is 5.73. The number of allylic oxidation sites excluding steroid dienone is 1. The highest BCUT2D eigenvalue weighted by Crippen LogP contribution is 2.31. The van der Waals surface area contributed by atoms with Crippen LogP contribution in [0.25, 0.3) is 16.7 Å². The first-order valence-electron chi connectivity index (χ1n) is 7.14. The van der Waals surface area contributed by atoms with Gasteiger partial charge >= 0.3 is 0 Å². The topological polar surface area (TPSA) is 49.7 Å². The number of hydrogen-bond donors (Lipinski definition) is 2. The van der Waals surface area contributed by atoms with Crippen molar-refractivity contribution >= 4 is 5.57 Å². The Labute approximate surface area is 124 Å². The first-order chi connectivity index (χ1) is 10.3. The molecule has 1 unspecified atom stereocenters. The highest BCUT2D eigenvalue weighted by Gasteiger charge is 2.28. The lowest BCUT2D eigenvalue weighted by atomic mass is 9.88. The SMILES string of the molecule is OOC1C(c2ccc(-c3ccccc3)cc2)=CCC[C@@H]1O. The standard InChI is InChI=1S/C18H18O3/c19-17-8-4-7-16(18(17)21-20)15-11-9-14(10-12-15)13-5-2-1-3-6-13/h1-3,5-7,9-12,17-20H,4,8H2/t17-,18?/m0/s1. The van der Waals surface area contributed by atoms with E-state index in [4.69, 9.17) is 5.26 Å². The van der Waals surface area contributed by atoms with Crippen LogP contribution in [0.3, 0.4) is 0 Å². The van der Waals surface area contributed by atoms with E-state index in [2.05, 4.69) is 17.0 Å². The molecule has 1 aliphatic carbocycles. The van der Waals surface area contributed by atoms with Crippen LogP contribution in [-0.2, 0) is 4.89 Å². The van der Waals surface area contributed by atoms with Gasteiger partial charge in [-0.15, -0.1) is 0 Å². The summed E-state index contributed by atoms with van der Waals surface area (Å²) in [6.45, 7) is 0. The first kappa shape index (κ1) is 14.0. The van der Waals surface area contributed by atoms with Crippen molar-refractivity contribution in [3.05, 3.63) is 66.2 Å². The van der Waals surface area contributed by atoms with E-state index in [-0.39, 0.29) is 0 Å². The van der Waals surface area contributed by atoms with Crippen LogP contribution in [0.5, 0.6) is 0 Å². The van der Waals surface area contributed by atoms with Gasteiger partial charge in [-0.3, -0.25) is 5.26 Å². The van der Waals surface area contributed by atoms with Crippen LogP contribution >= 0.6 is 0 Å². The van der Waals surface area contributed by atoms with Crippen molar-refractivity contribution in [1.82, 2.24) is 0 Å². The summed E-state index contributed by atoms with van der Waals surface area (Å²) in [6, 6.07) is 18.2. The third kappa shape index (κ3) is 2.90. The summed E-state index contributed by atoms with van der Waals surface area (Å²) in [6.07, 6.45) is 2.09. The lowest BCUT2D eigenvalue weighted by Gasteiger charge is -2.26. The van der Waals surface area contributed by atoms with Crippen molar-refractivity contribution in [3.8, 4) is 11.1 Å². The van der Waals surface area contributed by atoms with Gasteiger partial charge in [0, 0.05) is 0 Å². The maximum atomic E-state index is 9.91. The molecular weight excluding hydrogens is 264 g/mol. The van der Waals surface area contributed by atoms with Crippen molar-refractivity contribution < 1.29 is 15.3 Å². The van der Waals surface area contributed by atoms with Crippen LogP contribution in [0.1, 0.15) is 18.4 Å². The van der Waals surface area contributed by atoms with Gasteiger partial charge in [0.25, 0.3) is 0 Å². The summed E-state index contributed by atoms with van der Waals surface area (Å²) in [5, 5.41) is 18.9. The van der Waals surface area contributed by atoms with Gasteiger partial charge in [-0.05, 0) is 35.1 Å². The van der Waals surface area contributed by atoms with Crippen LogP contribution in [0, 0.1) is 0 Å². The van der Waals surface area contributed by atoms with Crippen molar-refractivity contribution in [1.29, 1.82) is 0 Å². The number of hydrogen-bond acceptors (Lipinski definition) is 3. The van der Waals surface area contributed by atoms with E-state index in [1.165, 1.54) is 0 Å². The molecule has 0 amide bonds. The number of aliphatic hydroxyl groups is 1. The molecule has 3 nitrogen and oxygen atoms in total. The van der Waals surface area contributed by atoms with E-state index in [1.54, 1.807) is 0 Å². The fraction of sp³-hybridized carbons (Fsp3) is 0.222. The maximum absolute atomic E-state index is 9.91. The minimum absolute atomic E-state index is 0.608. The normalized spacial score (nSPS) is 21.9. The van der Waals surface area contributed by atoms with Gasteiger partial charge in [0.15, 0.2) is 0 Å². The average Bonchev–Trinajstić information content (AvgIpc) is 2.55. The molecule has 0 saturated carbocycles. The summed E-state index contributed by atoms with van der Waals surface area (Å²) < 4.78 is 0. The molecule has 0 aliphatic heterocycles. The first-order valence-corrected chi connectivity index (χ1v) is 7.14. The molecule has 2 aromatic carbocycles. The largest absolute Gasteiger partial charge is 0.390 e. The fourth-order valence-electron chi connectivity index (χ4n) is 2.78. The van der Waals surface area contributed by atoms with E-state index in [0.29, 0.717) is 6.42 Å². The van der Waals surface area contributed by atoms with E-state index >= 15 is 0 Å². The van der Waals surface area contributed by atoms with Gasteiger partial charge in [0.1, 0.15) is 6.10 Å². The molecule has 0 bridgehead atoms. The molecular formula is C18H18O3. The molecule has 0 radical (unpaired) electrons. The molecule has 2 atom stereocenters. The van der Waals surface area contributed by atoms with Gasteiger partial charge in [-0.2, -0.15) is 0 Å². The molecule has 108 valence electrons. The Bertz CT molecular complexity index is 617. The molecule has 3 rings (SSSR count). The zero-order valence-corrected chi connectivity index (χ0v) is 11.6. The number of aliphatic hydroxyl groups excluding tert-OH is 1. The lowest BCUT2D eigenvalue weighted by molar-refractivity contribution is -0.280. The Kier molecular flexibility index (Phi) is 4.15. The molecule has 0 saturated heterocycles. The quantitative estimate of drug-likeness (QED) is 0.666. The molecule has 0 aromatic heterocycles. The van der Waals surface area contributed by atoms with Crippen molar-refractivity contribution in [2.75, 3.05) is 0 Å². The third-order valence-electron chi connectivity index (χ3n) is 3.92. The average molecular weight is 282 g/mol. The molecule has 0 heterocycles. The van der Waals surface area contributed by atoms with Gasteiger partial charge < -0.3 is 5.11 Å². The molecule has 3 heteroatoms. The fourth-order valence-corrected chi connectivity index (χ4v) is 2.78. The summed E-state index contributed by atoms with van der Waals surface area (Å²) in [4.78, 5) is 4.47. The van der Waals surface area contributed by atoms with Crippen LogP contribution in [0.2, 0.25) is 0 Å². The molecule has 1 aliphatic rings. The van der Waals surface area contributed by atoms with E-state index in [1.807, 2.05) is 48.5 Å². The molecule has 0 fully saturated rings. The highest BCUT2D eigenvalue weighted by atomic mass is 17.1. The zero-order valence-electron chi connectivity index (χ0n) is 11.6. The predicted molar refractivity (Wildman–Crippen MR) is 82.6 cm³/mol. The van der Waals surface area contributed by atoms with Crippen LogP contribution in [0.15, 0.2) is 60.7 Å². The second kappa shape index (κ2) is 6.22. The monoisotopic (exact) mass is 282 g/mol. The summed E-state index contributed by atoms with van der Waals surface area (Å²) in [5.41, 5.74) is 4.11. The van der Waals surface area contributed by atoms with Crippen LogP contribution in [0.4, 0.5) is 0 Å². The summed E-state index contributed by atoms with van der Waals surface area (Å²) in [7, 11) is 0. The Balaban J connectivity index is 1.89. The van der Waals surface area contributed by atoms with Gasteiger partial charge in [0.05, 0.1) is 6.10 Å². The lowest BCUT2D eigenvalue weighted by Crippen LogP contribution is -2.31. The molecule has 21 heavy (non-hydrogen) atoms. The third-order valence-corrected chi connectivity index (χ3v) is 3.92. The van der Waals surface area contributed by atoms with Gasteiger partial charge in [-0.1, -0.05) is 60.7 Å². The Hall–Kier alpha value is -1.94.